The van der Waals surface area contributed by atoms with Crippen molar-refractivity contribution in [1.29, 1.82) is 0 Å². The summed E-state index contributed by atoms with van der Waals surface area (Å²) in [7, 11) is 0. The number of hydrogen-bond acceptors (Lipinski definition) is 3. The first kappa shape index (κ1) is 14.6. The van der Waals surface area contributed by atoms with Gasteiger partial charge in [-0.05, 0) is 52.5 Å². The highest BCUT2D eigenvalue weighted by Crippen LogP contribution is 2.25. The van der Waals surface area contributed by atoms with E-state index in [0.717, 1.165) is 18.5 Å². The van der Waals surface area contributed by atoms with Crippen LogP contribution in [0, 0.1) is 0 Å². The predicted octanol–water partition coefficient (Wildman–Crippen LogP) is 3.94. The predicted molar refractivity (Wildman–Crippen MR) is 78.7 cm³/mol. The standard InChI is InChI=1S/C15H23ClN2O/c1-15(2,3)17-10-13-12(16)8-9-14(18-13)19-11-6-4-5-7-11/h8-9,11,17H,4-7,10H2,1-3H3. The van der Waals surface area contributed by atoms with Crippen LogP contribution in [0.3, 0.4) is 0 Å². The molecule has 4 heteroatoms. The minimum Gasteiger partial charge on any atom is -0.474 e. The first-order valence-corrected chi connectivity index (χ1v) is 7.39. The number of nitrogens with one attached hydrogen (secondary N) is 1. The summed E-state index contributed by atoms with van der Waals surface area (Å²) in [5.74, 6) is 0.696. The molecule has 1 saturated carbocycles. The van der Waals surface area contributed by atoms with Gasteiger partial charge in [0.05, 0.1) is 10.7 Å². The van der Waals surface area contributed by atoms with Crippen LogP contribution in [0.1, 0.15) is 52.1 Å². The molecule has 0 unspecified atom stereocenters. The van der Waals surface area contributed by atoms with Gasteiger partial charge in [-0.15, -0.1) is 0 Å². The summed E-state index contributed by atoms with van der Waals surface area (Å²) in [4.78, 5) is 4.52. The highest BCUT2D eigenvalue weighted by molar-refractivity contribution is 6.31. The summed E-state index contributed by atoms with van der Waals surface area (Å²) >= 11 is 6.18. The molecule has 0 atom stereocenters. The van der Waals surface area contributed by atoms with E-state index in [-0.39, 0.29) is 5.54 Å². The molecule has 0 spiro atoms. The Kier molecular flexibility index (Phi) is 4.69. The van der Waals surface area contributed by atoms with Gasteiger partial charge in [0.2, 0.25) is 5.88 Å². The van der Waals surface area contributed by atoms with Gasteiger partial charge in [0.25, 0.3) is 0 Å². The van der Waals surface area contributed by atoms with Gasteiger partial charge in [0, 0.05) is 18.2 Å². The molecule has 0 amide bonds. The number of hydrogen-bond donors (Lipinski definition) is 1. The Hall–Kier alpha value is -0.800. The van der Waals surface area contributed by atoms with Gasteiger partial charge in [-0.3, -0.25) is 0 Å². The number of pyridine rings is 1. The quantitative estimate of drug-likeness (QED) is 0.908. The van der Waals surface area contributed by atoms with Gasteiger partial charge in [-0.2, -0.15) is 0 Å². The van der Waals surface area contributed by atoms with Crippen molar-refractivity contribution in [3.63, 3.8) is 0 Å². The van der Waals surface area contributed by atoms with Crippen molar-refractivity contribution in [2.75, 3.05) is 0 Å². The fourth-order valence-corrected chi connectivity index (χ4v) is 2.35. The molecule has 0 aliphatic heterocycles. The third-order valence-corrected chi connectivity index (χ3v) is 3.61. The van der Waals surface area contributed by atoms with Crippen molar-refractivity contribution in [2.24, 2.45) is 0 Å². The van der Waals surface area contributed by atoms with Crippen molar-refractivity contribution in [1.82, 2.24) is 10.3 Å². The van der Waals surface area contributed by atoms with E-state index in [4.69, 9.17) is 16.3 Å². The Labute approximate surface area is 120 Å². The molecular weight excluding hydrogens is 260 g/mol. The van der Waals surface area contributed by atoms with E-state index in [1.54, 1.807) is 0 Å². The highest BCUT2D eigenvalue weighted by Gasteiger charge is 2.18. The molecule has 0 aromatic carbocycles. The zero-order valence-corrected chi connectivity index (χ0v) is 12.8. The van der Waals surface area contributed by atoms with Gasteiger partial charge < -0.3 is 10.1 Å². The molecule has 1 fully saturated rings. The van der Waals surface area contributed by atoms with Crippen LogP contribution < -0.4 is 10.1 Å². The molecule has 3 nitrogen and oxygen atoms in total. The lowest BCUT2D eigenvalue weighted by molar-refractivity contribution is 0.200. The Morgan fingerprint density at radius 3 is 2.63 bits per heavy atom. The van der Waals surface area contributed by atoms with E-state index in [2.05, 4.69) is 31.1 Å². The van der Waals surface area contributed by atoms with E-state index in [0.29, 0.717) is 23.6 Å². The number of ether oxygens (including phenoxy) is 1. The van der Waals surface area contributed by atoms with Crippen molar-refractivity contribution < 1.29 is 4.74 Å². The minimum atomic E-state index is 0.0489. The summed E-state index contributed by atoms with van der Waals surface area (Å²) in [6.45, 7) is 7.03. The Morgan fingerprint density at radius 2 is 2.00 bits per heavy atom. The molecule has 2 rings (SSSR count). The maximum absolute atomic E-state index is 6.18. The van der Waals surface area contributed by atoms with Crippen LogP contribution in [0.15, 0.2) is 12.1 Å². The van der Waals surface area contributed by atoms with Gasteiger partial charge in [-0.1, -0.05) is 11.6 Å². The van der Waals surface area contributed by atoms with Crippen LogP contribution >= 0.6 is 11.6 Å². The second-order valence-corrected chi connectivity index (χ2v) is 6.61. The Morgan fingerprint density at radius 1 is 1.32 bits per heavy atom. The van der Waals surface area contributed by atoms with E-state index in [1.807, 2.05) is 12.1 Å². The minimum absolute atomic E-state index is 0.0489. The van der Waals surface area contributed by atoms with Gasteiger partial charge in [0.1, 0.15) is 6.10 Å². The van der Waals surface area contributed by atoms with E-state index in [9.17, 15) is 0 Å². The number of aromatic nitrogens is 1. The normalized spacial score (nSPS) is 16.8. The summed E-state index contributed by atoms with van der Waals surface area (Å²) in [5, 5.41) is 4.09. The molecule has 1 aliphatic carbocycles. The average molecular weight is 283 g/mol. The molecule has 106 valence electrons. The zero-order valence-electron chi connectivity index (χ0n) is 12.0. The molecule has 1 N–H and O–H groups in total. The van der Waals surface area contributed by atoms with Crippen molar-refractivity contribution in [3.05, 3.63) is 22.8 Å². The van der Waals surface area contributed by atoms with Crippen LogP contribution in [-0.4, -0.2) is 16.6 Å². The lowest BCUT2D eigenvalue weighted by Crippen LogP contribution is -2.35. The molecule has 0 saturated heterocycles. The molecule has 1 aliphatic rings. The van der Waals surface area contributed by atoms with Crippen LogP contribution in [0.5, 0.6) is 5.88 Å². The Balaban J connectivity index is 2.01. The van der Waals surface area contributed by atoms with Crippen molar-refractivity contribution in [2.45, 2.75) is 64.6 Å². The monoisotopic (exact) mass is 282 g/mol. The number of rotatable bonds is 4. The molecule has 1 heterocycles. The summed E-state index contributed by atoms with van der Waals surface area (Å²) in [6, 6.07) is 3.74. The zero-order chi connectivity index (χ0) is 13.9. The van der Waals surface area contributed by atoms with E-state index < -0.39 is 0 Å². The number of nitrogens with zero attached hydrogens (tertiary/aromatic N) is 1. The first-order chi connectivity index (χ1) is 8.94. The van der Waals surface area contributed by atoms with Crippen LogP contribution in [0.4, 0.5) is 0 Å². The fraction of sp³-hybridized carbons (Fsp3) is 0.667. The van der Waals surface area contributed by atoms with Gasteiger partial charge >= 0.3 is 0 Å². The lowest BCUT2D eigenvalue weighted by Gasteiger charge is -2.21. The fourth-order valence-electron chi connectivity index (χ4n) is 2.18. The first-order valence-electron chi connectivity index (χ1n) is 7.01. The number of halogens is 1. The summed E-state index contributed by atoms with van der Waals surface area (Å²) in [5.41, 5.74) is 0.903. The lowest BCUT2D eigenvalue weighted by atomic mass is 10.1. The second kappa shape index (κ2) is 6.10. The third kappa shape index (κ3) is 4.66. The SMILES string of the molecule is CC(C)(C)NCc1nc(OC2CCCC2)ccc1Cl. The molecule has 0 radical (unpaired) electrons. The van der Waals surface area contributed by atoms with Crippen molar-refractivity contribution >= 4 is 11.6 Å². The molecule has 0 bridgehead atoms. The second-order valence-electron chi connectivity index (χ2n) is 6.21. The summed E-state index contributed by atoms with van der Waals surface area (Å²) in [6.07, 6.45) is 5.13. The molecule has 19 heavy (non-hydrogen) atoms. The molecule has 1 aromatic rings. The largest absolute Gasteiger partial charge is 0.474 e. The average Bonchev–Trinajstić information content (AvgIpc) is 2.81. The van der Waals surface area contributed by atoms with Crippen LogP contribution in [-0.2, 0) is 6.54 Å². The van der Waals surface area contributed by atoms with Crippen LogP contribution in [0.2, 0.25) is 5.02 Å². The highest BCUT2D eigenvalue weighted by atomic mass is 35.5. The van der Waals surface area contributed by atoms with E-state index >= 15 is 0 Å². The van der Waals surface area contributed by atoms with E-state index in [1.165, 1.54) is 12.8 Å². The van der Waals surface area contributed by atoms with Gasteiger partial charge in [-0.25, -0.2) is 4.98 Å². The maximum atomic E-state index is 6.18. The third-order valence-electron chi connectivity index (χ3n) is 3.27. The molecular formula is C15H23ClN2O. The Bertz CT molecular complexity index is 423. The van der Waals surface area contributed by atoms with Crippen molar-refractivity contribution in [3.8, 4) is 5.88 Å². The van der Waals surface area contributed by atoms with Crippen LogP contribution in [0.25, 0.3) is 0 Å². The topological polar surface area (TPSA) is 34.2 Å². The summed E-state index contributed by atoms with van der Waals surface area (Å²) < 4.78 is 5.91. The smallest absolute Gasteiger partial charge is 0.213 e. The van der Waals surface area contributed by atoms with Gasteiger partial charge in [0.15, 0.2) is 0 Å². The maximum Gasteiger partial charge on any atom is 0.213 e. The molecule has 1 aromatic heterocycles.